The Morgan fingerprint density at radius 3 is 2.52 bits per heavy atom. The summed E-state index contributed by atoms with van der Waals surface area (Å²) in [5.41, 5.74) is 1.80. The van der Waals surface area contributed by atoms with E-state index < -0.39 is 0 Å². The molecule has 0 aliphatic rings. The number of carbonyl (C=O) groups is 2. The van der Waals surface area contributed by atoms with Crippen molar-refractivity contribution in [3.63, 3.8) is 0 Å². The first-order chi connectivity index (χ1) is 12.0. The molecule has 1 heterocycles. The Morgan fingerprint density at radius 1 is 1.16 bits per heavy atom. The fourth-order valence-electron chi connectivity index (χ4n) is 2.45. The Morgan fingerprint density at radius 2 is 1.88 bits per heavy atom. The molecule has 0 fully saturated rings. The summed E-state index contributed by atoms with van der Waals surface area (Å²) in [6, 6.07) is 13.0. The summed E-state index contributed by atoms with van der Waals surface area (Å²) in [4.78, 5) is 31.0. The SMILES string of the molecule is CCCNC(=O)c1ccnc(C(=O)N(Cc2ccccc2)C(C)C)c1. The van der Waals surface area contributed by atoms with Gasteiger partial charge in [-0.25, -0.2) is 0 Å². The lowest BCUT2D eigenvalue weighted by atomic mass is 10.1. The lowest BCUT2D eigenvalue weighted by molar-refractivity contribution is 0.0684. The van der Waals surface area contributed by atoms with Gasteiger partial charge in [0.15, 0.2) is 0 Å². The van der Waals surface area contributed by atoms with E-state index in [0.29, 0.717) is 18.7 Å². The molecule has 1 aromatic carbocycles. The van der Waals surface area contributed by atoms with Crippen LogP contribution in [0.1, 0.15) is 53.6 Å². The van der Waals surface area contributed by atoms with E-state index in [0.717, 1.165) is 12.0 Å². The molecule has 5 nitrogen and oxygen atoms in total. The van der Waals surface area contributed by atoms with Crippen LogP contribution in [0.25, 0.3) is 0 Å². The quantitative estimate of drug-likeness (QED) is 0.842. The molecule has 2 amide bonds. The molecule has 0 radical (unpaired) electrons. The third-order valence-electron chi connectivity index (χ3n) is 3.86. The molecule has 132 valence electrons. The number of carbonyl (C=O) groups excluding carboxylic acids is 2. The molecule has 0 saturated carbocycles. The van der Waals surface area contributed by atoms with Gasteiger partial charge in [-0.05, 0) is 38.0 Å². The molecule has 0 aliphatic carbocycles. The third-order valence-corrected chi connectivity index (χ3v) is 3.86. The van der Waals surface area contributed by atoms with Crippen molar-refractivity contribution in [2.24, 2.45) is 0 Å². The van der Waals surface area contributed by atoms with E-state index >= 15 is 0 Å². The van der Waals surface area contributed by atoms with Crippen molar-refractivity contribution in [3.05, 3.63) is 65.5 Å². The smallest absolute Gasteiger partial charge is 0.272 e. The maximum atomic E-state index is 12.9. The molecular weight excluding hydrogens is 314 g/mol. The van der Waals surface area contributed by atoms with E-state index in [1.807, 2.05) is 51.1 Å². The molecule has 25 heavy (non-hydrogen) atoms. The summed E-state index contributed by atoms with van der Waals surface area (Å²) in [6.07, 6.45) is 2.37. The van der Waals surface area contributed by atoms with Crippen molar-refractivity contribution in [1.29, 1.82) is 0 Å². The standard InChI is InChI=1S/C20H25N3O2/c1-4-11-22-19(24)17-10-12-21-18(13-17)20(25)23(15(2)3)14-16-8-6-5-7-9-16/h5-10,12-13,15H,4,11,14H2,1-3H3,(H,22,24). The van der Waals surface area contributed by atoms with E-state index in [1.165, 1.54) is 6.20 Å². The van der Waals surface area contributed by atoms with Crippen LogP contribution in [-0.2, 0) is 6.54 Å². The van der Waals surface area contributed by atoms with Gasteiger partial charge >= 0.3 is 0 Å². The topological polar surface area (TPSA) is 62.3 Å². The second kappa shape index (κ2) is 8.97. The number of aromatic nitrogens is 1. The van der Waals surface area contributed by atoms with Gasteiger partial charge in [-0.1, -0.05) is 37.3 Å². The Bertz CT molecular complexity index is 714. The van der Waals surface area contributed by atoms with Gasteiger partial charge in [0.25, 0.3) is 11.8 Å². The third kappa shape index (κ3) is 5.14. The number of hydrogen-bond acceptors (Lipinski definition) is 3. The van der Waals surface area contributed by atoms with Crippen molar-refractivity contribution in [1.82, 2.24) is 15.2 Å². The second-order valence-electron chi connectivity index (χ2n) is 6.20. The Labute approximate surface area is 149 Å². The number of amides is 2. The minimum absolute atomic E-state index is 0.0204. The lowest BCUT2D eigenvalue weighted by Crippen LogP contribution is -2.37. The maximum absolute atomic E-state index is 12.9. The monoisotopic (exact) mass is 339 g/mol. The summed E-state index contributed by atoms with van der Waals surface area (Å²) in [7, 11) is 0. The minimum Gasteiger partial charge on any atom is -0.352 e. The molecule has 0 atom stereocenters. The van der Waals surface area contributed by atoms with Crippen LogP contribution in [0.15, 0.2) is 48.7 Å². The fraction of sp³-hybridized carbons (Fsp3) is 0.350. The van der Waals surface area contributed by atoms with E-state index in [-0.39, 0.29) is 23.6 Å². The number of nitrogens with one attached hydrogen (secondary N) is 1. The van der Waals surface area contributed by atoms with Gasteiger partial charge < -0.3 is 10.2 Å². The predicted molar refractivity (Wildman–Crippen MR) is 98.3 cm³/mol. The zero-order chi connectivity index (χ0) is 18.2. The zero-order valence-electron chi connectivity index (χ0n) is 15.0. The zero-order valence-corrected chi connectivity index (χ0v) is 15.0. The highest BCUT2D eigenvalue weighted by Crippen LogP contribution is 2.13. The summed E-state index contributed by atoms with van der Waals surface area (Å²) >= 11 is 0. The Kier molecular flexibility index (Phi) is 6.69. The summed E-state index contributed by atoms with van der Waals surface area (Å²) < 4.78 is 0. The van der Waals surface area contributed by atoms with Gasteiger partial charge in [-0.3, -0.25) is 14.6 Å². The van der Waals surface area contributed by atoms with Crippen molar-refractivity contribution >= 4 is 11.8 Å². The Hall–Kier alpha value is -2.69. The van der Waals surface area contributed by atoms with Gasteiger partial charge in [0.1, 0.15) is 5.69 Å². The number of nitrogens with zero attached hydrogens (tertiary/aromatic N) is 2. The molecule has 0 bridgehead atoms. The lowest BCUT2D eigenvalue weighted by Gasteiger charge is -2.26. The van der Waals surface area contributed by atoms with Gasteiger partial charge in [-0.15, -0.1) is 0 Å². The van der Waals surface area contributed by atoms with Crippen molar-refractivity contribution in [2.45, 2.75) is 39.8 Å². The predicted octanol–water partition coefficient (Wildman–Crippen LogP) is 3.27. The molecular formula is C20H25N3O2. The molecule has 0 aliphatic heterocycles. The number of pyridine rings is 1. The Balaban J connectivity index is 2.20. The number of benzene rings is 1. The highest BCUT2D eigenvalue weighted by Gasteiger charge is 2.21. The molecule has 2 aromatic rings. The number of hydrogen-bond donors (Lipinski definition) is 1. The number of rotatable bonds is 7. The molecule has 1 aromatic heterocycles. The molecule has 0 spiro atoms. The average Bonchev–Trinajstić information content (AvgIpc) is 2.64. The first-order valence-electron chi connectivity index (χ1n) is 8.62. The van der Waals surface area contributed by atoms with Crippen LogP contribution in [0.5, 0.6) is 0 Å². The van der Waals surface area contributed by atoms with Crippen LogP contribution in [0, 0.1) is 0 Å². The normalized spacial score (nSPS) is 10.6. The van der Waals surface area contributed by atoms with E-state index in [2.05, 4.69) is 10.3 Å². The van der Waals surface area contributed by atoms with Crippen molar-refractivity contribution in [3.8, 4) is 0 Å². The molecule has 0 saturated heterocycles. The minimum atomic E-state index is -0.183. The van der Waals surface area contributed by atoms with Gasteiger partial charge in [0.2, 0.25) is 0 Å². The highest BCUT2D eigenvalue weighted by molar-refractivity contribution is 5.98. The van der Waals surface area contributed by atoms with Gasteiger partial charge in [0.05, 0.1) is 0 Å². The second-order valence-corrected chi connectivity index (χ2v) is 6.20. The van der Waals surface area contributed by atoms with Gasteiger partial charge in [-0.2, -0.15) is 0 Å². The fourth-order valence-corrected chi connectivity index (χ4v) is 2.45. The van der Waals surface area contributed by atoms with Crippen LogP contribution in [0.3, 0.4) is 0 Å². The maximum Gasteiger partial charge on any atom is 0.272 e. The van der Waals surface area contributed by atoms with Crippen molar-refractivity contribution in [2.75, 3.05) is 6.54 Å². The van der Waals surface area contributed by atoms with E-state index in [4.69, 9.17) is 0 Å². The average molecular weight is 339 g/mol. The van der Waals surface area contributed by atoms with E-state index in [9.17, 15) is 9.59 Å². The first kappa shape index (κ1) is 18.6. The summed E-state index contributed by atoms with van der Waals surface area (Å²) in [5.74, 6) is -0.360. The highest BCUT2D eigenvalue weighted by atomic mass is 16.2. The molecule has 2 rings (SSSR count). The van der Waals surface area contributed by atoms with Crippen LogP contribution in [-0.4, -0.2) is 34.3 Å². The van der Waals surface area contributed by atoms with Crippen molar-refractivity contribution < 1.29 is 9.59 Å². The summed E-state index contributed by atoms with van der Waals surface area (Å²) in [6.45, 7) is 7.05. The first-order valence-corrected chi connectivity index (χ1v) is 8.62. The van der Waals surface area contributed by atoms with E-state index in [1.54, 1.807) is 17.0 Å². The van der Waals surface area contributed by atoms with Crippen LogP contribution in [0.4, 0.5) is 0 Å². The molecule has 1 N–H and O–H groups in total. The molecule has 5 heteroatoms. The van der Waals surface area contributed by atoms with Crippen LogP contribution >= 0.6 is 0 Å². The van der Waals surface area contributed by atoms with Crippen LogP contribution < -0.4 is 5.32 Å². The van der Waals surface area contributed by atoms with Crippen LogP contribution in [0.2, 0.25) is 0 Å². The summed E-state index contributed by atoms with van der Waals surface area (Å²) in [5, 5.41) is 2.81. The van der Waals surface area contributed by atoms with Gasteiger partial charge in [0, 0.05) is 30.9 Å². The largest absolute Gasteiger partial charge is 0.352 e. The molecule has 0 unspecified atom stereocenters.